The average Bonchev–Trinajstić information content (AvgIpc) is 0. The first-order valence-electron chi connectivity index (χ1n) is 0. The summed E-state index contributed by atoms with van der Waals surface area (Å²) in [5.74, 6) is 0. The Morgan fingerprint density at radius 1 is 0.600 bits per heavy atom. The third kappa shape index (κ3) is 18.5. The number of hydrogen-bond donors (Lipinski definition) is 0. The van der Waals surface area contributed by atoms with Crippen LogP contribution in [0.3, 0.4) is 0 Å². The molecule has 0 spiro atoms. The molecule has 0 saturated carbocycles. The van der Waals surface area contributed by atoms with Crippen molar-refractivity contribution in [1.29, 1.82) is 0 Å². The van der Waals surface area contributed by atoms with Crippen molar-refractivity contribution in [3.05, 3.63) is 0 Å². The molecule has 0 N–H and O–H groups in total. The fraction of sp³-hybridized carbons (Fsp3) is 0. The summed E-state index contributed by atoms with van der Waals surface area (Å²) in [5.41, 5.74) is 0. The molecule has 0 saturated heterocycles. The molecule has 0 amide bonds. The summed E-state index contributed by atoms with van der Waals surface area (Å²) in [6, 6.07) is 0. The molecule has 0 bridgehead atoms. The minimum absolute atomic E-state index is 0. The second-order valence-corrected chi connectivity index (χ2v) is 0. The van der Waals surface area contributed by atoms with Gasteiger partial charge in [-0.3, -0.25) is 0 Å². The molecule has 0 aliphatic carbocycles. The predicted octanol–water partition coefficient (Wildman–Crippen LogP) is -0.0125. The largest absolute Gasteiger partial charge is 0 e. The summed E-state index contributed by atoms with van der Waals surface area (Å²) in [7, 11) is 0. The maximum atomic E-state index is 0. The molecule has 5 heavy (non-hydrogen) atoms. The monoisotopic (exact) mass is 683 g/mol. The van der Waals surface area contributed by atoms with E-state index in [4.69, 9.17) is 0 Å². The van der Waals surface area contributed by atoms with Crippen LogP contribution in [0.1, 0.15) is 0 Å². The van der Waals surface area contributed by atoms with Gasteiger partial charge in [0.2, 0.25) is 0 Å². The minimum atomic E-state index is 0. The van der Waals surface area contributed by atoms with Crippen LogP contribution < -0.4 is 0 Å². The van der Waals surface area contributed by atoms with E-state index in [2.05, 4.69) is 0 Å². The van der Waals surface area contributed by atoms with Gasteiger partial charge in [0.05, 0.1) is 0 Å². The van der Waals surface area contributed by atoms with Crippen LogP contribution in [0.2, 0.25) is 0 Å². The normalized spacial score (nSPS) is 0. The Labute approximate surface area is 106 Å². The molecule has 39 valence electrons. The molecule has 0 aromatic carbocycles. The van der Waals surface area contributed by atoms with Crippen molar-refractivity contribution in [1.82, 2.24) is 0 Å². The van der Waals surface area contributed by atoms with Gasteiger partial charge < -0.3 is 0 Å². The Hall–Kier alpha value is 3.55. The Kier molecular flexibility index (Phi) is 199. The van der Waals surface area contributed by atoms with Gasteiger partial charge in [0, 0.05) is 108 Å². The fourth-order valence-electron chi connectivity index (χ4n) is 0. The molecule has 0 aromatic heterocycles. The van der Waals surface area contributed by atoms with E-state index in [1.807, 2.05) is 0 Å². The summed E-state index contributed by atoms with van der Waals surface area (Å²) in [5, 5.41) is 0. The van der Waals surface area contributed by atoms with E-state index in [1.165, 1.54) is 0 Å². The number of rotatable bonds is 0. The Morgan fingerprint density at radius 3 is 0.600 bits per heavy atom. The van der Waals surface area contributed by atoms with Crippen LogP contribution in [0.4, 0.5) is 0 Å². The number of hydrogen-bond acceptors (Lipinski definition) is 0. The quantitative estimate of drug-likeness (QED) is 0.316. The van der Waals surface area contributed by atoms with Gasteiger partial charge in [-0.1, -0.05) is 0 Å². The van der Waals surface area contributed by atoms with Gasteiger partial charge in [0.15, 0.2) is 0 Å². The van der Waals surface area contributed by atoms with Crippen LogP contribution in [0, 0.1) is 0 Å². The summed E-state index contributed by atoms with van der Waals surface area (Å²) in [6.45, 7) is 0. The van der Waals surface area contributed by atoms with Crippen molar-refractivity contribution in [2.75, 3.05) is 0 Å². The van der Waals surface area contributed by atoms with Gasteiger partial charge in [0.25, 0.3) is 0 Å². The second-order valence-electron chi connectivity index (χ2n) is 0. The first-order chi connectivity index (χ1) is 0. The van der Waals surface area contributed by atoms with Gasteiger partial charge in [-0.2, -0.15) is 0 Å². The molecule has 0 aliphatic heterocycles. The van der Waals surface area contributed by atoms with E-state index < -0.39 is 0 Å². The van der Waals surface area contributed by atoms with Crippen LogP contribution in [0.5, 0.6) is 0 Å². The van der Waals surface area contributed by atoms with Crippen LogP contribution in [-0.2, 0) is 108 Å². The maximum absolute atomic E-state index is 0. The van der Waals surface area contributed by atoms with E-state index in [9.17, 15) is 0 Å². The molecule has 0 fully saturated rings. The predicted molar refractivity (Wildman–Crippen MR) is 0 cm³/mol. The topological polar surface area (TPSA) is 0 Å². The zero-order chi connectivity index (χ0) is 0. The van der Waals surface area contributed by atoms with E-state index in [1.54, 1.807) is 0 Å². The fourth-order valence-corrected chi connectivity index (χ4v) is 0. The zero-order valence-corrected chi connectivity index (χ0v) is 11.8. The van der Waals surface area contributed by atoms with Gasteiger partial charge in [0.1, 0.15) is 0 Å². The van der Waals surface area contributed by atoms with Crippen molar-refractivity contribution in [2.24, 2.45) is 0 Å². The first kappa shape index (κ1) is 38.7. The molecule has 0 nitrogen and oxygen atoms in total. The minimum Gasteiger partial charge on any atom is 0 e. The molecule has 1 radical (unpaired) electrons. The zero-order valence-electron chi connectivity index (χ0n) is 1.93. The van der Waals surface area contributed by atoms with Crippen molar-refractivity contribution in [2.45, 2.75) is 0 Å². The summed E-state index contributed by atoms with van der Waals surface area (Å²) in [4.78, 5) is 0. The van der Waals surface area contributed by atoms with Crippen molar-refractivity contribution >= 4 is 0 Å². The molecular weight excluding hydrogens is 683 g/mol. The summed E-state index contributed by atoms with van der Waals surface area (Å²) < 4.78 is 0. The van der Waals surface area contributed by atoms with Gasteiger partial charge in [-0.05, 0) is 0 Å². The van der Waals surface area contributed by atoms with Crippen LogP contribution >= 0.6 is 0 Å². The molecule has 0 aliphatic rings. The third-order valence-electron chi connectivity index (χ3n) is 0. The summed E-state index contributed by atoms with van der Waals surface area (Å²) >= 11 is 0. The first-order valence-corrected chi connectivity index (χ1v) is 0. The van der Waals surface area contributed by atoms with E-state index in [0.29, 0.717) is 0 Å². The average molecular weight is 683 g/mol. The Bertz CT molecular complexity index is 7.61. The van der Waals surface area contributed by atoms with Crippen LogP contribution in [-0.4, -0.2) is 0 Å². The smallest absolute Gasteiger partial charge is 0 e. The Morgan fingerprint density at radius 2 is 0.600 bits per heavy atom. The van der Waals surface area contributed by atoms with Crippen molar-refractivity contribution in [3.8, 4) is 0 Å². The van der Waals surface area contributed by atoms with Gasteiger partial charge in [-0.15, -0.1) is 0 Å². The van der Waals surface area contributed by atoms with Gasteiger partial charge in [-0.25, -0.2) is 0 Å². The van der Waals surface area contributed by atoms with Crippen LogP contribution in [0.25, 0.3) is 0 Å². The third-order valence-corrected chi connectivity index (χ3v) is 0. The van der Waals surface area contributed by atoms with Crippen LogP contribution in [0.15, 0.2) is 0 Å². The standard InChI is InChI=1S/Au.2Pt.2Ti. The SMILES string of the molecule is [Au].[Pt].[Pt].[Ti].[Ti]. The maximum Gasteiger partial charge on any atom is 0 e. The molecule has 0 aromatic rings. The summed E-state index contributed by atoms with van der Waals surface area (Å²) in [6.07, 6.45) is 0. The molecule has 5 heteroatoms. The van der Waals surface area contributed by atoms with E-state index in [-0.39, 0.29) is 108 Å². The Balaban J connectivity index is 0. The molecular formula is AuPt2Ti2. The molecule has 0 rings (SSSR count). The van der Waals surface area contributed by atoms with E-state index in [0.717, 1.165) is 0 Å². The second kappa shape index (κ2) is 25.7. The van der Waals surface area contributed by atoms with E-state index >= 15 is 0 Å². The van der Waals surface area contributed by atoms with Crippen molar-refractivity contribution in [3.63, 3.8) is 0 Å². The van der Waals surface area contributed by atoms with Gasteiger partial charge >= 0.3 is 0 Å². The molecule has 0 unspecified atom stereocenters. The molecule has 0 heterocycles. The van der Waals surface area contributed by atoms with Crippen molar-refractivity contribution < 1.29 is 108 Å². The molecule has 0 atom stereocenters.